The average molecular weight is 365 g/mol. The van der Waals surface area contributed by atoms with E-state index in [-0.39, 0.29) is 12.5 Å². The number of anilines is 1. The number of benzene rings is 2. The zero-order valence-corrected chi connectivity index (χ0v) is 15.0. The molecule has 7 heteroatoms. The highest BCUT2D eigenvalue weighted by atomic mass is 16.6. The summed E-state index contributed by atoms with van der Waals surface area (Å²) in [4.78, 5) is 12.6. The van der Waals surface area contributed by atoms with Gasteiger partial charge < -0.3 is 19.5 Å². The van der Waals surface area contributed by atoms with Gasteiger partial charge in [-0.3, -0.25) is 9.89 Å². The van der Waals surface area contributed by atoms with Crippen molar-refractivity contribution >= 4 is 11.6 Å². The minimum atomic E-state index is -0.736. The number of fused-ring (bicyclic) bond motifs is 1. The lowest BCUT2D eigenvalue weighted by molar-refractivity contribution is -0.125. The van der Waals surface area contributed by atoms with E-state index in [1.165, 1.54) is 0 Å². The second-order valence-electron chi connectivity index (χ2n) is 6.18. The van der Waals surface area contributed by atoms with E-state index in [2.05, 4.69) is 15.5 Å². The van der Waals surface area contributed by atoms with Gasteiger partial charge in [-0.2, -0.15) is 5.10 Å². The van der Waals surface area contributed by atoms with Crippen LogP contribution in [0.5, 0.6) is 17.2 Å². The Bertz CT molecular complexity index is 983. The van der Waals surface area contributed by atoms with Crippen molar-refractivity contribution in [3.63, 3.8) is 0 Å². The Morgan fingerprint density at radius 2 is 2.07 bits per heavy atom. The van der Waals surface area contributed by atoms with Crippen LogP contribution >= 0.6 is 0 Å². The monoisotopic (exact) mass is 365 g/mol. The quantitative estimate of drug-likeness (QED) is 0.742. The summed E-state index contributed by atoms with van der Waals surface area (Å²) in [6.07, 6.45) is 1.02. The van der Waals surface area contributed by atoms with Crippen molar-refractivity contribution in [2.45, 2.75) is 13.0 Å². The molecule has 0 saturated heterocycles. The molecule has 0 unspecified atom stereocenters. The maximum atomic E-state index is 12.6. The maximum Gasteiger partial charge on any atom is 0.269 e. The first kappa shape index (κ1) is 17.0. The summed E-state index contributed by atoms with van der Waals surface area (Å²) >= 11 is 0. The molecule has 2 N–H and O–H groups in total. The predicted octanol–water partition coefficient (Wildman–Crippen LogP) is 3.17. The van der Waals surface area contributed by atoms with Crippen molar-refractivity contribution in [1.82, 2.24) is 10.2 Å². The number of hydrogen-bond donors (Lipinski definition) is 2. The molecule has 1 aliphatic heterocycles. The van der Waals surface area contributed by atoms with E-state index in [9.17, 15) is 4.79 Å². The molecule has 3 aromatic rings. The van der Waals surface area contributed by atoms with Crippen molar-refractivity contribution in [3.8, 4) is 28.4 Å². The van der Waals surface area contributed by atoms with Crippen molar-refractivity contribution in [2.75, 3.05) is 19.0 Å². The summed E-state index contributed by atoms with van der Waals surface area (Å²) in [5, 5.41) is 9.81. The summed E-state index contributed by atoms with van der Waals surface area (Å²) in [6, 6.07) is 12.8. The van der Waals surface area contributed by atoms with Gasteiger partial charge in [0.15, 0.2) is 11.5 Å². The van der Waals surface area contributed by atoms with E-state index in [4.69, 9.17) is 14.2 Å². The van der Waals surface area contributed by atoms with Crippen molar-refractivity contribution in [3.05, 3.63) is 54.4 Å². The number of amides is 1. The van der Waals surface area contributed by atoms with Crippen LogP contribution in [0, 0.1) is 6.92 Å². The van der Waals surface area contributed by atoms with E-state index < -0.39 is 6.10 Å². The van der Waals surface area contributed by atoms with E-state index >= 15 is 0 Å². The third-order valence-electron chi connectivity index (χ3n) is 4.40. The summed E-state index contributed by atoms with van der Waals surface area (Å²) in [7, 11) is 1.56. The van der Waals surface area contributed by atoms with Crippen molar-refractivity contribution in [1.29, 1.82) is 0 Å². The zero-order chi connectivity index (χ0) is 18.8. The number of H-pyrrole nitrogens is 1. The molecule has 2 aromatic carbocycles. The van der Waals surface area contributed by atoms with E-state index in [0.717, 1.165) is 16.8 Å². The van der Waals surface area contributed by atoms with Gasteiger partial charge in [0, 0.05) is 11.3 Å². The Morgan fingerprint density at radius 1 is 1.26 bits per heavy atom. The molecule has 0 aliphatic carbocycles. The smallest absolute Gasteiger partial charge is 0.269 e. The number of methoxy groups -OCH3 is 1. The number of carbonyl (C=O) groups is 1. The Morgan fingerprint density at radius 3 is 2.81 bits per heavy atom. The maximum absolute atomic E-state index is 12.6. The molecule has 1 atom stereocenters. The first-order chi connectivity index (χ1) is 13.2. The lowest BCUT2D eigenvalue weighted by Crippen LogP contribution is -2.40. The number of rotatable bonds is 4. The molecule has 0 spiro atoms. The standard InChI is InChI=1S/C20H19N3O4/c1-12-14(10-21-23-12)13-7-8-15(18(9-13)25-2)22-20(24)19-11-26-16-5-3-4-6-17(16)27-19/h3-10,19H,11H2,1-2H3,(H,21,23)(H,22,24)/t19-/m0/s1. The number of para-hydroxylation sites is 2. The Hall–Kier alpha value is -3.48. The Labute approximate surface area is 156 Å². The highest BCUT2D eigenvalue weighted by Crippen LogP contribution is 2.33. The highest BCUT2D eigenvalue weighted by Gasteiger charge is 2.28. The minimum Gasteiger partial charge on any atom is -0.495 e. The highest BCUT2D eigenvalue weighted by molar-refractivity contribution is 5.96. The molecule has 7 nitrogen and oxygen atoms in total. The van der Waals surface area contributed by atoms with Gasteiger partial charge in [0.2, 0.25) is 6.10 Å². The topological polar surface area (TPSA) is 85.5 Å². The van der Waals surface area contributed by atoms with Gasteiger partial charge in [0.25, 0.3) is 5.91 Å². The number of aromatic nitrogens is 2. The lowest BCUT2D eigenvalue weighted by Gasteiger charge is -2.25. The number of nitrogens with one attached hydrogen (secondary N) is 2. The molecule has 0 saturated carbocycles. The lowest BCUT2D eigenvalue weighted by atomic mass is 10.1. The van der Waals surface area contributed by atoms with Crippen LogP contribution in [0.15, 0.2) is 48.7 Å². The summed E-state index contributed by atoms with van der Waals surface area (Å²) in [6.45, 7) is 2.10. The zero-order valence-electron chi connectivity index (χ0n) is 15.0. The molecule has 0 bridgehead atoms. The Kier molecular flexibility index (Phi) is 4.42. The predicted molar refractivity (Wildman–Crippen MR) is 100 cm³/mol. The molecule has 27 heavy (non-hydrogen) atoms. The molecule has 1 amide bonds. The van der Waals surface area contributed by atoms with E-state index in [1.807, 2.05) is 37.3 Å². The van der Waals surface area contributed by atoms with Gasteiger partial charge in [-0.05, 0) is 36.8 Å². The fourth-order valence-electron chi connectivity index (χ4n) is 2.97. The van der Waals surface area contributed by atoms with Crippen LogP contribution < -0.4 is 19.5 Å². The SMILES string of the molecule is COc1cc(-c2cn[nH]c2C)ccc1NC(=O)[C@@H]1COc2ccccc2O1. The summed E-state index contributed by atoms with van der Waals surface area (Å²) in [5.41, 5.74) is 3.45. The van der Waals surface area contributed by atoms with Gasteiger partial charge in [0.1, 0.15) is 12.4 Å². The number of aryl methyl sites for hydroxylation is 1. The second kappa shape index (κ2) is 7.03. The van der Waals surface area contributed by atoms with Crippen LogP contribution in [-0.4, -0.2) is 35.9 Å². The molecular weight excluding hydrogens is 346 g/mol. The Balaban J connectivity index is 1.52. The third kappa shape index (κ3) is 3.31. The molecule has 4 rings (SSSR count). The van der Waals surface area contributed by atoms with Gasteiger partial charge in [-0.1, -0.05) is 18.2 Å². The van der Waals surface area contributed by atoms with Crippen molar-refractivity contribution < 1.29 is 19.0 Å². The number of hydrogen-bond acceptors (Lipinski definition) is 5. The van der Waals surface area contributed by atoms with Gasteiger partial charge >= 0.3 is 0 Å². The number of ether oxygens (including phenoxy) is 3. The van der Waals surface area contributed by atoms with Crippen LogP contribution in [0.3, 0.4) is 0 Å². The second-order valence-corrected chi connectivity index (χ2v) is 6.18. The normalized spacial score (nSPS) is 15.3. The first-order valence-corrected chi connectivity index (χ1v) is 8.53. The summed E-state index contributed by atoms with van der Waals surface area (Å²) in [5.74, 6) is 1.45. The number of carbonyl (C=O) groups excluding carboxylic acids is 1. The molecular formula is C20H19N3O4. The molecule has 1 aromatic heterocycles. The molecule has 138 valence electrons. The third-order valence-corrected chi connectivity index (χ3v) is 4.40. The largest absolute Gasteiger partial charge is 0.495 e. The van der Waals surface area contributed by atoms with Crippen molar-refractivity contribution in [2.24, 2.45) is 0 Å². The van der Waals surface area contributed by atoms with Crippen LogP contribution in [0.1, 0.15) is 5.69 Å². The molecule has 0 fully saturated rings. The minimum absolute atomic E-state index is 0.150. The molecule has 2 heterocycles. The molecule has 1 aliphatic rings. The average Bonchev–Trinajstić information content (AvgIpc) is 3.13. The van der Waals surface area contributed by atoms with Crippen LogP contribution in [-0.2, 0) is 4.79 Å². The van der Waals surface area contributed by atoms with Gasteiger partial charge in [0.05, 0.1) is 19.0 Å². The fourth-order valence-corrected chi connectivity index (χ4v) is 2.97. The molecule has 0 radical (unpaired) electrons. The fraction of sp³-hybridized carbons (Fsp3) is 0.200. The number of nitrogens with zero attached hydrogens (tertiary/aromatic N) is 1. The van der Waals surface area contributed by atoms with E-state index in [0.29, 0.717) is 22.9 Å². The van der Waals surface area contributed by atoms with Crippen LogP contribution in [0.4, 0.5) is 5.69 Å². The summed E-state index contributed by atoms with van der Waals surface area (Å²) < 4.78 is 16.8. The van der Waals surface area contributed by atoms with Gasteiger partial charge in [-0.15, -0.1) is 0 Å². The van der Waals surface area contributed by atoms with Crippen LogP contribution in [0.25, 0.3) is 11.1 Å². The van der Waals surface area contributed by atoms with E-state index in [1.54, 1.807) is 25.4 Å². The van der Waals surface area contributed by atoms with Gasteiger partial charge in [-0.25, -0.2) is 0 Å². The first-order valence-electron chi connectivity index (χ1n) is 8.53. The number of aromatic amines is 1. The van der Waals surface area contributed by atoms with Crippen LogP contribution in [0.2, 0.25) is 0 Å².